The van der Waals surface area contributed by atoms with Crippen LogP contribution < -0.4 is 4.90 Å². The maximum Gasteiger partial charge on any atom is 0.253 e. The molecule has 0 unspecified atom stereocenters. The van der Waals surface area contributed by atoms with Crippen LogP contribution in [-0.2, 0) is 0 Å². The maximum absolute atomic E-state index is 12.3. The molecule has 1 saturated heterocycles. The Labute approximate surface area is 109 Å². The Morgan fingerprint density at radius 3 is 2.33 bits per heavy atom. The quantitative estimate of drug-likeness (QED) is 0.818. The summed E-state index contributed by atoms with van der Waals surface area (Å²) >= 11 is 0. The topological polar surface area (TPSA) is 23.6 Å². The normalized spacial score (nSPS) is 15.6. The SMILES string of the molecule is CCN(C)c1ccc(C(=O)N2CCCCC2)cc1. The van der Waals surface area contributed by atoms with Crippen LogP contribution in [0.15, 0.2) is 24.3 Å². The molecule has 0 radical (unpaired) electrons. The predicted molar refractivity (Wildman–Crippen MR) is 75.1 cm³/mol. The van der Waals surface area contributed by atoms with Crippen molar-refractivity contribution in [2.75, 3.05) is 31.6 Å². The molecular weight excluding hydrogens is 224 g/mol. The molecule has 0 aromatic heterocycles. The molecule has 0 aliphatic carbocycles. The number of amides is 1. The molecule has 3 nitrogen and oxygen atoms in total. The van der Waals surface area contributed by atoms with Gasteiger partial charge in [0.2, 0.25) is 0 Å². The molecule has 98 valence electrons. The van der Waals surface area contributed by atoms with E-state index in [1.165, 1.54) is 6.42 Å². The van der Waals surface area contributed by atoms with Gasteiger partial charge in [0, 0.05) is 37.9 Å². The molecule has 0 N–H and O–H groups in total. The van der Waals surface area contributed by atoms with E-state index >= 15 is 0 Å². The Hall–Kier alpha value is -1.51. The molecule has 18 heavy (non-hydrogen) atoms. The minimum Gasteiger partial charge on any atom is -0.375 e. The Morgan fingerprint density at radius 2 is 1.78 bits per heavy atom. The van der Waals surface area contributed by atoms with Crippen molar-refractivity contribution < 1.29 is 4.79 Å². The minimum absolute atomic E-state index is 0.181. The molecule has 1 amide bonds. The number of rotatable bonds is 3. The molecular formula is C15H22N2O. The third kappa shape index (κ3) is 2.84. The average Bonchev–Trinajstić information content (AvgIpc) is 2.47. The van der Waals surface area contributed by atoms with Gasteiger partial charge in [0.15, 0.2) is 0 Å². The van der Waals surface area contributed by atoms with Gasteiger partial charge in [-0.2, -0.15) is 0 Å². The van der Waals surface area contributed by atoms with Crippen LogP contribution in [0.1, 0.15) is 36.5 Å². The monoisotopic (exact) mass is 246 g/mol. The molecule has 1 fully saturated rings. The van der Waals surface area contributed by atoms with Crippen LogP contribution >= 0.6 is 0 Å². The third-order valence-electron chi connectivity index (χ3n) is 3.67. The van der Waals surface area contributed by atoms with Gasteiger partial charge < -0.3 is 9.80 Å². The molecule has 1 aromatic rings. The predicted octanol–water partition coefficient (Wildman–Crippen LogP) is 2.77. The first-order chi connectivity index (χ1) is 8.72. The number of anilines is 1. The highest BCUT2D eigenvalue weighted by atomic mass is 16.2. The van der Waals surface area contributed by atoms with Crippen LogP contribution in [0.4, 0.5) is 5.69 Å². The number of hydrogen-bond acceptors (Lipinski definition) is 2. The van der Waals surface area contributed by atoms with Crippen LogP contribution in [0.5, 0.6) is 0 Å². The highest BCUT2D eigenvalue weighted by Gasteiger charge is 2.17. The molecule has 0 bridgehead atoms. The van der Waals surface area contributed by atoms with E-state index < -0.39 is 0 Å². The largest absolute Gasteiger partial charge is 0.375 e. The van der Waals surface area contributed by atoms with Gasteiger partial charge in [-0.1, -0.05) is 0 Å². The van der Waals surface area contributed by atoms with Crippen molar-refractivity contribution in [2.24, 2.45) is 0 Å². The van der Waals surface area contributed by atoms with Crippen molar-refractivity contribution in [1.29, 1.82) is 0 Å². The van der Waals surface area contributed by atoms with Crippen molar-refractivity contribution >= 4 is 11.6 Å². The first kappa shape index (κ1) is 12.9. The van der Waals surface area contributed by atoms with E-state index in [0.29, 0.717) is 0 Å². The zero-order chi connectivity index (χ0) is 13.0. The fourth-order valence-electron chi connectivity index (χ4n) is 2.32. The summed E-state index contributed by atoms with van der Waals surface area (Å²) in [5.74, 6) is 0.181. The van der Waals surface area contributed by atoms with Crippen LogP contribution in [0.25, 0.3) is 0 Å². The average molecular weight is 246 g/mol. The molecule has 1 heterocycles. The van der Waals surface area contributed by atoms with Gasteiger partial charge in [0.1, 0.15) is 0 Å². The standard InChI is InChI=1S/C15H22N2O/c1-3-16(2)14-9-7-13(8-10-14)15(18)17-11-5-4-6-12-17/h7-10H,3-6,11-12H2,1-2H3. The van der Waals surface area contributed by atoms with E-state index in [1.54, 1.807) is 0 Å². The first-order valence-electron chi connectivity index (χ1n) is 6.83. The van der Waals surface area contributed by atoms with E-state index in [9.17, 15) is 4.79 Å². The molecule has 0 spiro atoms. The molecule has 1 aliphatic rings. The third-order valence-corrected chi connectivity index (χ3v) is 3.67. The summed E-state index contributed by atoms with van der Waals surface area (Å²) in [6, 6.07) is 7.94. The zero-order valence-corrected chi connectivity index (χ0v) is 11.4. The second-order valence-corrected chi connectivity index (χ2v) is 4.91. The molecule has 3 heteroatoms. The number of piperidine rings is 1. The lowest BCUT2D eigenvalue weighted by atomic mass is 10.1. The van der Waals surface area contributed by atoms with Gasteiger partial charge in [0.25, 0.3) is 5.91 Å². The van der Waals surface area contributed by atoms with Gasteiger partial charge in [-0.05, 0) is 50.5 Å². The molecule has 1 aliphatic heterocycles. The summed E-state index contributed by atoms with van der Waals surface area (Å²) in [5, 5.41) is 0. The van der Waals surface area contributed by atoms with Crippen LogP contribution in [0.3, 0.4) is 0 Å². The highest BCUT2D eigenvalue weighted by molar-refractivity contribution is 5.94. The van der Waals surface area contributed by atoms with Gasteiger partial charge in [0.05, 0.1) is 0 Å². The first-order valence-corrected chi connectivity index (χ1v) is 6.83. The fourth-order valence-corrected chi connectivity index (χ4v) is 2.32. The van der Waals surface area contributed by atoms with Crippen molar-refractivity contribution in [3.8, 4) is 0 Å². The van der Waals surface area contributed by atoms with E-state index in [-0.39, 0.29) is 5.91 Å². The smallest absolute Gasteiger partial charge is 0.253 e. The van der Waals surface area contributed by atoms with Gasteiger partial charge in [-0.25, -0.2) is 0 Å². The van der Waals surface area contributed by atoms with Crippen molar-refractivity contribution in [3.05, 3.63) is 29.8 Å². The van der Waals surface area contributed by atoms with E-state index in [0.717, 1.165) is 43.7 Å². The molecule has 0 atom stereocenters. The Balaban J connectivity index is 2.06. The minimum atomic E-state index is 0.181. The van der Waals surface area contributed by atoms with Crippen molar-refractivity contribution in [3.63, 3.8) is 0 Å². The van der Waals surface area contributed by atoms with E-state index in [2.05, 4.69) is 18.9 Å². The van der Waals surface area contributed by atoms with Crippen molar-refractivity contribution in [2.45, 2.75) is 26.2 Å². The second kappa shape index (κ2) is 5.89. The van der Waals surface area contributed by atoms with Crippen LogP contribution in [-0.4, -0.2) is 37.5 Å². The number of likely N-dealkylation sites (tertiary alicyclic amines) is 1. The summed E-state index contributed by atoms with van der Waals surface area (Å²) in [6.45, 7) is 4.91. The van der Waals surface area contributed by atoms with E-state index in [1.807, 2.05) is 29.2 Å². The van der Waals surface area contributed by atoms with Crippen molar-refractivity contribution in [1.82, 2.24) is 4.90 Å². The lowest BCUT2D eigenvalue weighted by Gasteiger charge is -2.27. The number of hydrogen-bond donors (Lipinski definition) is 0. The van der Waals surface area contributed by atoms with Crippen LogP contribution in [0.2, 0.25) is 0 Å². The summed E-state index contributed by atoms with van der Waals surface area (Å²) in [6.07, 6.45) is 3.54. The summed E-state index contributed by atoms with van der Waals surface area (Å²) in [7, 11) is 2.06. The number of carbonyl (C=O) groups is 1. The number of benzene rings is 1. The highest BCUT2D eigenvalue weighted by Crippen LogP contribution is 2.17. The molecule has 0 saturated carbocycles. The summed E-state index contributed by atoms with van der Waals surface area (Å²) in [4.78, 5) is 16.4. The maximum atomic E-state index is 12.3. The Kier molecular flexibility index (Phi) is 4.24. The number of carbonyl (C=O) groups excluding carboxylic acids is 1. The van der Waals surface area contributed by atoms with Gasteiger partial charge >= 0.3 is 0 Å². The van der Waals surface area contributed by atoms with Crippen LogP contribution in [0, 0.1) is 0 Å². The zero-order valence-electron chi connectivity index (χ0n) is 11.4. The van der Waals surface area contributed by atoms with Gasteiger partial charge in [-0.15, -0.1) is 0 Å². The summed E-state index contributed by atoms with van der Waals surface area (Å²) < 4.78 is 0. The lowest BCUT2D eigenvalue weighted by Crippen LogP contribution is -2.35. The lowest BCUT2D eigenvalue weighted by molar-refractivity contribution is 0.0724. The molecule has 1 aromatic carbocycles. The number of nitrogens with zero attached hydrogens (tertiary/aromatic N) is 2. The second-order valence-electron chi connectivity index (χ2n) is 4.91. The fraction of sp³-hybridized carbons (Fsp3) is 0.533. The Morgan fingerprint density at radius 1 is 1.17 bits per heavy atom. The van der Waals surface area contributed by atoms with E-state index in [4.69, 9.17) is 0 Å². The Bertz CT molecular complexity index is 393. The summed E-state index contributed by atoms with van der Waals surface area (Å²) in [5.41, 5.74) is 1.97. The van der Waals surface area contributed by atoms with Gasteiger partial charge in [-0.3, -0.25) is 4.79 Å². The molecule has 2 rings (SSSR count).